The van der Waals surface area contributed by atoms with Crippen molar-refractivity contribution in [1.29, 1.82) is 0 Å². The maximum absolute atomic E-state index is 12.0. The highest BCUT2D eigenvalue weighted by Crippen LogP contribution is 2.26. The molecule has 1 amide bonds. The molecule has 1 heterocycles. The van der Waals surface area contributed by atoms with E-state index in [0.29, 0.717) is 10.1 Å². The number of para-hydroxylation sites is 1. The highest BCUT2D eigenvalue weighted by molar-refractivity contribution is 8.18. The quantitative estimate of drug-likeness (QED) is 0.669. The second kappa shape index (κ2) is 7.02. The third-order valence-corrected chi connectivity index (χ3v) is 4.03. The van der Waals surface area contributed by atoms with Crippen LogP contribution in [0.2, 0.25) is 0 Å². The van der Waals surface area contributed by atoms with Gasteiger partial charge in [-0.1, -0.05) is 30.3 Å². The number of hydrogen-bond acceptors (Lipinski definition) is 5. The maximum Gasteiger partial charge on any atom is 0.264 e. The van der Waals surface area contributed by atoms with Crippen LogP contribution in [-0.4, -0.2) is 18.2 Å². The van der Waals surface area contributed by atoms with Crippen molar-refractivity contribution in [2.75, 3.05) is 12.5 Å². The molecule has 6 heteroatoms. The van der Waals surface area contributed by atoms with Crippen LogP contribution < -0.4 is 15.5 Å². The Labute approximate surface area is 138 Å². The molecule has 0 aliphatic carbocycles. The molecule has 2 aromatic rings. The number of carbonyl (C=O) groups is 1. The molecular formula is C17H15N3O2S. The Kier molecular flexibility index (Phi) is 4.63. The standard InChI is InChI=1S/C17H15N3O2S/c1-22-14-9-7-12(8-10-14)11-15-16(21)18-17(23-15)20-19-13-5-3-2-4-6-13/h2-11,19H,1H3,(H,18,20,21). The van der Waals surface area contributed by atoms with Crippen LogP contribution in [0.1, 0.15) is 5.56 Å². The molecule has 116 valence electrons. The molecule has 0 radical (unpaired) electrons. The number of nitrogens with zero attached hydrogens (tertiary/aromatic N) is 1. The number of methoxy groups -OCH3 is 1. The zero-order chi connectivity index (χ0) is 16.1. The molecule has 2 N–H and O–H groups in total. The van der Waals surface area contributed by atoms with Gasteiger partial charge in [-0.3, -0.25) is 15.5 Å². The van der Waals surface area contributed by atoms with E-state index in [9.17, 15) is 4.79 Å². The van der Waals surface area contributed by atoms with Gasteiger partial charge in [-0.15, -0.1) is 5.10 Å². The summed E-state index contributed by atoms with van der Waals surface area (Å²) in [5.41, 5.74) is 4.71. The van der Waals surface area contributed by atoms with Gasteiger partial charge >= 0.3 is 0 Å². The molecule has 1 fully saturated rings. The molecule has 0 saturated carbocycles. The van der Waals surface area contributed by atoms with Gasteiger partial charge in [0.15, 0.2) is 5.17 Å². The number of carbonyl (C=O) groups excluding carboxylic acids is 1. The molecule has 1 aliphatic heterocycles. The summed E-state index contributed by atoms with van der Waals surface area (Å²) in [6.07, 6.45) is 1.82. The van der Waals surface area contributed by atoms with Crippen molar-refractivity contribution in [3.8, 4) is 5.75 Å². The molecule has 2 aromatic carbocycles. The van der Waals surface area contributed by atoms with Crippen LogP contribution in [-0.2, 0) is 4.79 Å². The van der Waals surface area contributed by atoms with Crippen LogP contribution in [0.25, 0.3) is 6.08 Å². The van der Waals surface area contributed by atoms with Crippen molar-refractivity contribution in [3.63, 3.8) is 0 Å². The number of hydrogen-bond donors (Lipinski definition) is 2. The normalized spacial score (nSPS) is 17.3. The minimum atomic E-state index is -0.153. The first-order valence-corrected chi connectivity index (χ1v) is 7.80. The first-order valence-electron chi connectivity index (χ1n) is 6.98. The van der Waals surface area contributed by atoms with E-state index in [0.717, 1.165) is 17.0 Å². The highest BCUT2D eigenvalue weighted by atomic mass is 32.2. The average molecular weight is 325 g/mol. The molecular weight excluding hydrogens is 310 g/mol. The van der Waals surface area contributed by atoms with Gasteiger partial charge in [-0.25, -0.2) is 0 Å². The highest BCUT2D eigenvalue weighted by Gasteiger charge is 2.23. The number of hydrazone groups is 1. The summed E-state index contributed by atoms with van der Waals surface area (Å²) in [6, 6.07) is 17.1. The molecule has 1 aliphatic rings. The molecule has 0 aromatic heterocycles. The van der Waals surface area contributed by atoms with Crippen molar-refractivity contribution >= 4 is 34.6 Å². The van der Waals surface area contributed by atoms with E-state index < -0.39 is 0 Å². The molecule has 1 saturated heterocycles. The molecule has 0 spiro atoms. The lowest BCUT2D eigenvalue weighted by Crippen LogP contribution is -2.20. The third-order valence-electron chi connectivity index (χ3n) is 3.12. The molecule has 5 nitrogen and oxygen atoms in total. The largest absolute Gasteiger partial charge is 0.497 e. The fraction of sp³-hybridized carbons (Fsp3) is 0.0588. The second-order valence-electron chi connectivity index (χ2n) is 4.73. The average Bonchev–Trinajstić information content (AvgIpc) is 2.94. The van der Waals surface area contributed by atoms with Crippen LogP contribution in [0.3, 0.4) is 0 Å². The number of nitrogens with one attached hydrogen (secondary N) is 2. The predicted octanol–water partition coefficient (Wildman–Crippen LogP) is 3.28. The number of benzene rings is 2. The smallest absolute Gasteiger partial charge is 0.264 e. The van der Waals surface area contributed by atoms with E-state index in [2.05, 4.69) is 15.8 Å². The predicted molar refractivity (Wildman–Crippen MR) is 94.2 cm³/mol. The Balaban J connectivity index is 1.70. The Morgan fingerprint density at radius 3 is 2.57 bits per heavy atom. The SMILES string of the molecule is COc1ccc(C=C2S/C(=N/Nc3ccccc3)NC2=O)cc1. The number of amidine groups is 1. The number of amides is 1. The molecule has 0 unspecified atom stereocenters. The van der Waals surface area contributed by atoms with Gasteiger partial charge in [0.25, 0.3) is 5.91 Å². The zero-order valence-corrected chi connectivity index (χ0v) is 13.3. The van der Waals surface area contributed by atoms with E-state index >= 15 is 0 Å². The Morgan fingerprint density at radius 1 is 1.13 bits per heavy atom. The van der Waals surface area contributed by atoms with Gasteiger partial charge in [-0.05, 0) is 47.7 Å². The van der Waals surface area contributed by atoms with Gasteiger partial charge < -0.3 is 4.74 Å². The lowest BCUT2D eigenvalue weighted by molar-refractivity contribution is -0.115. The molecule has 3 rings (SSSR count). The number of rotatable bonds is 4. The summed E-state index contributed by atoms with van der Waals surface area (Å²) < 4.78 is 5.12. The first-order chi connectivity index (χ1) is 11.2. The van der Waals surface area contributed by atoms with Gasteiger partial charge in [0, 0.05) is 0 Å². The lowest BCUT2D eigenvalue weighted by atomic mass is 10.2. The van der Waals surface area contributed by atoms with Gasteiger partial charge in [0.2, 0.25) is 0 Å². The fourth-order valence-corrected chi connectivity index (χ4v) is 2.74. The zero-order valence-electron chi connectivity index (χ0n) is 12.4. The van der Waals surface area contributed by atoms with Crippen molar-refractivity contribution < 1.29 is 9.53 Å². The number of thioether (sulfide) groups is 1. The topological polar surface area (TPSA) is 62.7 Å². The van der Waals surface area contributed by atoms with Crippen molar-refractivity contribution in [2.45, 2.75) is 0 Å². The van der Waals surface area contributed by atoms with Crippen LogP contribution in [0.15, 0.2) is 64.6 Å². The summed E-state index contributed by atoms with van der Waals surface area (Å²) in [6.45, 7) is 0. The van der Waals surface area contributed by atoms with Crippen LogP contribution in [0, 0.1) is 0 Å². The second-order valence-corrected chi connectivity index (χ2v) is 5.76. The third kappa shape index (κ3) is 3.92. The Morgan fingerprint density at radius 2 is 1.87 bits per heavy atom. The van der Waals surface area contributed by atoms with E-state index in [4.69, 9.17) is 4.74 Å². The molecule has 23 heavy (non-hydrogen) atoms. The summed E-state index contributed by atoms with van der Waals surface area (Å²) in [5, 5.41) is 7.46. The van der Waals surface area contributed by atoms with Crippen LogP contribution in [0.5, 0.6) is 5.75 Å². The van der Waals surface area contributed by atoms with Gasteiger partial charge in [0.05, 0.1) is 17.7 Å². The first kappa shape index (κ1) is 15.2. The van der Waals surface area contributed by atoms with Crippen LogP contribution >= 0.6 is 11.8 Å². The summed E-state index contributed by atoms with van der Waals surface area (Å²) in [7, 11) is 1.62. The van der Waals surface area contributed by atoms with Gasteiger partial charge in [-0.2, -0.15) is 0 Å². The van der Waals surface area contributed by atoms with E-state index in [1.165, 1.54) is 11.8 Å². The molecule has 0 bridgehead atoms. The van der Waals surface area contributed by atoms with Crippen molar-refractivity contribution in [1.82, 2.24) is 5.32 Å². The minimum absolute atomic E-state index is 0.153. The van der Waals surface area contributed by atoms with Gasteiger partial charge in [0.1, 0.15) is 5.75 Å². The summed E-state index contributed by atoms with van der Waals surface area (Å²) >= 11 is 1.30. The Hall–Kier alpha value is -2.73. The number of ether oxygens (including phenoxy) is 1. The van der Waals surface area contributed by atoms with E-state index in [1.54, 1.807) is 7.11 Å². The Bertz CT molecular complexity index is 755. The minimum Gasteiger partial charge on any atom is -0.497 e. The van der Waals surface area contributed by atoms with Crippen molar-refractivity contribution in [2.24, 2.45) is 5.10 Å². The number of anilines is 1. The van der Waals surface area contributed by atoms with E-state index in [-0.39, 0.29) is 5.91 Å². The van der Waals surface area contributed by atoms with Crippen molar-refractivity contribution in [3.05, 3.63) is 65.1 Å². The lowest BCUT2D eigenvalue weighted by Gasteiger charge is -2.00. The molecule has 0 atom stereocenters. The monoisotopic (exact) mass is 325 g/mol. The van der Waals surface area contributed by atoms with Crippen LogP contribution in [0.4, 0.5) is 5.69 Å². The maximum atomic E-state index is 12.0. The van der Waals surface area contributed by atoms with E-state index in [1.807, 2.05) is 60.7 Å². The fourth-order valence-electron chi connectivity index (χ4n) is 1.96. The summed E-state index contributed by atoms with van der Waals surface area (Å²) in [4.78, 5) is 12.6. The summed E-state index contributed by atoms with van der Waals surface area (Å²) in [5.74, 6) is 0.629.